The number of nitrogens with one attached hydrogen (secondary N) is 1. The lowest BCUT2D eigenvalue weighted by Crippen LogP contribution is -2.08. The zero-order chi connectivity index (χ0) is 14.9. The summed E-state index contributed by atoms with van der Waals surface area (Å²) in [5, 5.41) is 3.15. The van der Waals surface area contributed by atoms with Gasteiger partial charge in [-0.15, -0.1) is 0 Å². The largest absolute Gasteiger partial charge is 0.383 e. The zero-order valence-electron chi connectivity index (χ0n) is 11.5. The van der Waals surface area contributed by atoms with Gasteiger partial charge in [-0.05, 0) is 41.1 Å². The van der Waals surface area contributed by atoms with Gasteiger partial charge in [-0.25, -0.2) is 14.4 Å². The Balaban J connectivity index is 2.39. The quantitative estimate of drug-likeness (QED) is 0.882. The van der Waals surface area contributed by atoms with Crippen LogP contribution in [-0.4, -0.2) is 9.97 Å². The fourth-order valence-corrected chi connectivity index (χ4v) is 2.02. The molecular formula is C14H16BrFN4. The molecule has 20 heavy (non-hydrogen) atoms. The molecule has 0 saturated carbocycles. The second-order valence-electron chi connectivity index (χ2n) is 4.85. The van der Waals surface area contributed by atoms with E-state index in [1.165, 1.54) is 6.07 Å². The minimum Gasteiger partial charge on any atom is -0.383 e. The van der Waals surface area contributed by atoms with Crippen molar-refractivity contribution in [2.45, 2.75) is 26.7 Å². The van der Waals surface area contributed by atoms with Gasteiger partial charge in [0.15, 0.2) is 0 Å². The fourth-order valence-electron chi connectivity index (χ4n) is 1.64. The van der Waals surface area contributed by atoms with Crippen molar-refractivity contribution in [2.75, 3.05) is 11.1 Å². The van der Waals surface area contributed by atoms with Crippen LogP contribution in [0.2, 0.25) is 0 Å². The van der Waals surface area contributed by atoms with Crippen molar-refractivity contribution in [1.82, 2.24) is 9.97 Å². The first kappa shape index (κ1) is 14.7. The van der Waals surface area contributed by atoms with E-state index in [1.807, 2.05) is 20.8 Å². The van der Waals surface area contributed by atoms with E-state index in [0.717, 1.165) is 11.3 Å². The Morgan fingerprint density at radius 2 is 2.00 bits per heavy atom. The smallest absolute Gasteiger partial charge is 0.139 e. The standard InChI is InChI=1S/C14H16BrFN4/c1-7(2)13-19-12(17)8(3)14(20-13)18-9-4-5-11(16)10(15)6-9/h4-7H,1-3H3,(H3,17,18,19,20). The molecule has 3 N–H and O–H groups in total. The van der Waals surface area contributed by atoms with Gasteiger partial charge in [0.2, 0.25) is 0 Å². The van der Waals surface area contributed by atoms with Crippen LogP contribution in [0.3, 0.4) is 0 Å². The lowest BCUT2D eigenvalue weighted by molar-refractivity contribution is 0.621. The third-order valence-corrected chi connectivity index (χ3v) is 3.51. The molecule has 1 aromatic heterocycles. The van der Waals surface area contributed by atoms with Crippen LogP contribution in [0.15, 0.2) is 22.7 Å². The number of aromatic nitrogens is 2. The maximum absolute atomic E-state index is 13.2. The van der Waals surface area contributed by atoms with Gasteiger partial charge >= 0.3 is 0 Å². The van der Waals surface area contributed by atoms with Crippen LogP contribution in [0, 0.1) is 12.7 Å². The Labute approximate surface area is 125 Å². The first-order chi connectivity index (χ1) is 9.38. The molecule has 0 unspecified atom stereocenters. The predicted octanol–water partition coefficient (Wildman–Crippen LogP) is 4.14. The van der Waals surface area contributed by atoms with Crippen LogP contribution < -0.4 is 11.1 Å². The summed E-state index contributed by atoms with van der Waals surface area (Å²) in [5.74, 6) is 1.64. The van der Waals surface area contributed by atoms with E-state index in [0.29, 0.717) is 21.9 Å². The van der Waals surface area contributed by atoms with E-state index in [2.05, 4.69) is 31.2 Å². The summed E-state index contributed by atoms with van der Waals surface area (Å²) >= 11 is 3.16. The van der Waals surface area contributed by atoms with Gasteiger partial charge in [-0.2, -0.15) is 0 Å². The summed E-state index contributed by atoms with van der Waals surface area (Å²) < 4.78 is 13.6. The molecule has 1 heterocycles. The van der Waals surface area contributed by atoms with E-state index in [9.17, 15) is 4.39 Å². The molecule has 0 atom stereocenters. The number of anilines is 3. The van der Waals surface area contributed by atoms with Crippen LogP contribution in [0.1, 0.15) is 31.2 Å². The van der Waals surface area contributed by atoms with Crippen molar-refractivity contribution in [2.24, 2.45) is 0 Å². The van der Waals surface area contributed by atoms with Crippen LogP contribution in [0.25, 0.3) is 0 Å². The molecule has 0 amide bonds. The molecule has 0 spiro atoms. The third kappa shape index (κ3) is 3.07. The summed E-state index contributed by atoms with van der Waals surface area (Å²) in [4.78, 5) is 8.73. The summed E-state index contributed by atoms with van der Waals surface area (Å²) in [7, 11) is 0. The van der Waals surface area contributed by atoms with Crippen molar-refractivity contribution in [3.63, 3.8) is 0 Å². The normalized spacial score (nSPS) is 10.9. The predicted molar refractivity (Wildman–Crippen MR) is 82.7 cm³/mol. The van der Waals surface area contributed by atoms with E-state index < -0.39 is 0 Å². The highest BCUT2D eigenvalue weighted by molar-refractivity contribution is 9.10. The van der Waals surface area contributed by atoms with Crippen LogP contribution in [0.4, 0.5) is 21.7 Å². The number of nitrogen functional groups attached to an aromatic ring is 1. The highest BCUT2D eigenvalue weighted by Crippen LogP contribution is 2.26. The maximum atomic E-state index is 13.2. The molecule has 0 saturated heterocycles. The number of hydrogen-bond acceptors (Lipinski definition) is 4. The van der Waals surface area contributed by atoms with Gasteiger partial charge in [0, 0.05) is 17.2 Å². The fraction of sp³-hybridized carbons (Fsp3) is 0.286. The Kier molecular flexibility index (Phi) is 4.23. The highest BCUT2D eigenvalue weighted by Gasteiger charge is 2.12. The lowest BCUT2D eigenvalue weighted by atomic mass is 10.2. The van der Waals surface area contributed by atoms with Crippen molar-refractivity contribution >= 4 is 33.3 Å². The maximum Gasteiger partial charge on any atom is 0.139 e. The van der Waals surface area contributed by atoms with Gasteiger partial charge in [-0.3, -0.25) is 0 Å². The number of halogens is 2. The van der Waals surface area contributed by atoms with E-state index in [1.54, 1.807) is 12.1 Å². The van der Waals surface area contributed by atoms with Crippen molar-refractivity contribution in [3.8, 4) is 0 Å². The lowest BCUT2D eigenvalue weighted by Gasteiger charge is -2.13. The first-order valence-electron chi connectivity index (χ1n) is 6.24. The number of nitrogens with two attached hydrogens (primary N) is 1. The number of rotatable bonds is 3. The Hall–Kier alpha value is -1.69. The van der Waals surface area contributed by atoms with Crippen LogP contribution in [0.5, 0.6) is 0 Å². The Morgan fingerprint density at radius 3 is 2.60 bits per heavy atom. The number of benzene rings is 1. The van der Waals surface area contributed by atoms with E-state index in [-0.39, 0.29) is 11.7 Å². The summed E-state index contributed by atoms with van der Waals surface area (Å²) in [6, 6.07) is 4.69. The molecule has 0 aliphatic heterocycles. The molecule has 0 fully saturated rings. The minimum absolute atomic E-state index is 0.179. The van der Waals surface area contributed by atoms with Crippen molar-refractivity contribution in [1.29, 1.82) is 0 Å². The van der Waals surface area contributed by atoms with Crippen molar-refractivity contribution in [3.05, 3.63) is 39.9 Å². The molecule has 6 heteroatoms. The molecule has 4 nitrogen and oxygen atoms in total. The molecule has 0 aliphatic rings. The minimum atomic E-state index is -0.308. The molecule has 2 rings (SSSR count). The topological polar surface area (TPSA) is 63.8 Å². The van der Waals surface area contributed by atoms with E-state index in [4.69, 9.17) is 5.73 Å². The second-order valence-corrected chi connectivity index (χ2v) is 5.70. The average molecular weight is 339 g/mol. The SMILES string of the molecule is Cc1c(N)nc(C(C)C)nc1Nc1ccc(F)c(Br)c1. The first-order valence-corrected chi connectivity index (χ1v) is 7.04. The summed E-state index contributed by atoms with van der Waals surface area (Å²) in [5.41, 5.74) is 7.41. The van der Waals surface area contributed by atoms with Gasteiger partial charge in [0.1, 0.15) is 23.3 Å². The molecular weight excluding hydrogens is 323 g/mol. The van der Waals surface area contributed by atoms with E-state index >= 15 is 0 Å². The van der Waals surface area contributed by atoms with Gasteiger partial charge < -0.3 is 11.1 Å². The molecule has 0 bridgehead atoms. The zero-order valence-corrected chi connectivity index (χ0v) is 13.1. The monoisotopic (exact) mass is 338 g/mol. The van der Waals surface area contributed by atoms with Gasteiger partial charge in [0.25, 0.3) is 0 Å². The van der Waals surface area contributed by atoms with Crippen LogP contribution >= 0.6 is 15.9 Å². The molecule has 0 aliphatic carbocycles. The summed E-state index contributed by atoms with van der Waals surface area (Å²) in [6.45, 7) is 5.85. The van der Waals surface area contributed by atoms with Crippen molar-refractivity contribution < 1.29 is 4.39 Å². The molecule has 1 aromatic carbocycles. The third-order valence-electron chi connectivity index (χ3n) is 2.90. The Bertz CT molecular complexity index is 643. The molecule has 0 radical (unpaired) electrons. The molecule has 2 aromatic rings. The average Bonchev–Trinajstić information content (AvgIpc) is 2.38. The van der Waals surface area contributed by atoms with Gasteiger partial charge in [-0.1, -0.05) is 13.8 Å². The Morgan fingerprint density at radius 1 is 1.30 bits per heavy atom. The number of hydrogen-bond donors (Lipinski definition) is 2. The number of nitrogens with zero attached hydrogens (tertiary/aromatic N) is 2. The van der Waals surface area contributed by atoms with Crippen LogP contribution in [-0.2, 0) is 0 Å². The van der Waals surface area contributed by atoms with Gasteiger partial charge in [0.05, 0.1) is 4.47 Å². The highest BCUT2D eigenvalue weighted by atomic mass is 79.9. The second kappa shape index (κ2) is 5.75. The molecule has 106 valence electrons. The summed E-state index contributed by atoms with van der Waals surface area (Å²) in [6.07, 6.45) is 0.